The number of aromatic nitrogens is 1. The minimum atomic E-state index is -4.41. The van der Waals surface area contributed by atoms with E-state index >= 15 is 0 Å². The zero-order chi connectivity index (χ0) is 15.7. The summed E-state index contributed by atoms with van der Waals surface area (Å²) in [4.78, 5) is 4.52. The van der Waals surface area contributed by atoms with Gasteiger partial charge in [-0.05, 0) is 17.7 Å². The zero-order valence-electron chi connectivity index (χ0n) is 11.1. The minimum Gasteiger partial charge on any atom is -0.492 e. The number of halogens is 3. The maximum atomic E-state index is 12.8. The topological polar surface area (TPSA) is 33.1 Å². The minimum absolute atomic E-state index is 0.177. The van der Waals surface area contributed by atoms with E-state index in [2.05, 4.69) is 4.98 Å². The van der Waals surface area contributed by atoms with Gasteiger partial charge in [0.1, 0.15) is 5.01 Å². The molecule has 6 heteroatoms. The van der Waals surface area contributed by atoms with Gasteiger partial charge in [-0.15, -0.1) is 11.3 Å². The van der Waals surface area contributed by atoms with E-state index in [0.717, 1.165) is 29.0 Å². The van der Waals surface area contributed by atoms with E-state index in [1.54, 1.807) is 6.07 Å². The van der Waals surface area contributed by atoms with Gasteiger partial charge in [0.2, 0.25) is 5.88 Å². The number of benzene rings is 2. The van der Waals surface area contributed by atoms with Crippen LogP contribution in [0, 0.1) is 0 Å². The summed E-state index contributed by atoms with van der Waals surface area (Å²) in [6, 6.07) is 14.0. The van der Waals surface area contributed by atoms with Crippen molar-refractivity contribution >= 4 is 11.3 Å². The third-order valence-corrected chi connectivity index (χ3v) is 4.22. The highest BCUT2D eigenvalue weighted by Gasteiger charge is 2.30. The van der Waals surface area contributed by atoms with Crippen LogP contribution < -0.4 is 0 Å². The maximum Gasteiger partial charge on any atom is 0.416 e. The van der Waals surface area contributed by atoms with Gasteiger partial charge in [-0.3, -0.25) is 0 Å². The summed E-state index contributed by atoms with van der Waals surface area (Å²) in [5, 5.41) is 10.3. The van der Waals surface area contributed by atoms with Crippen molar-refractivity contribution in [1.82, 2.24) is 4.98 Å². The number of hydrogen-bond donors (Lipinski definition) is 1. The first-order valence-electron chi connectivity index (χ1n) is 6.38. The number of alkyl halides is 3. The Bertz CT molecular complexity index is 797. The molecule has 3 aromatic rings. The summed E-state index contributed by atoms with van der Waals surface area (Å²) in [6.07, 6.45) is -4.41. The highest BCUT2D eigenvalue weighted by molar-refractivity contribution is 7.18. The summed E-state index contributed by atoms with van der Waals surface area (Å²) in [6.45, 7) is 0. The second-order valence-corrected chi connectivity index (χ2v) is 5.62. The predicted octanol–water partition coefficient (Wildman–Crippen LogP) is 5.20. The monoisotopic (exact) mass is 321 g/mol. The molecule has 0 aliphatic rings. The maximum absolute atomic E-state index is 12.8. The average molecular weight is 321 g/mol. The molecule has 0 radical (unpaired) electrons. The lowest BCUT2D eigenvalue weighted by Crippen LogP contribution is -2.04. The first-order valence-corrected chi connectivity index (χ1v) is 7.19. The fourth-order valence-electron chi connectivity index (χ4n) is 2.04. The van der Waals surface area contributed by atoms with Gasteiger partial charge in [-0.2, -0.15) is 13.2 Å². The second kappa shape index (κ2) is 5.46. The molecule has 2 nitrogen and oxygen atoms in total. The SMILES string of the molecule is Oc1nc(-c2cccc(C(F)(F)F)c2)sc1-c1ccccc1. The summed E-state index contributed by atoms with van der Waals surface area (Å²) < 4.78 is 38.3. The molecule has 0 aliphatic heterocycles. The lowest BCUT2D eigenvalue weighted by molar-refractivity contribution is -0.137. The third-order valence-electron chi connectivity index (χ3n) is 3.08. The van der Waals surface area contributed by atoms with Crippen LogP contribution in [0.25, 0.3) is 21.0 Å². The van der Waals surface area contributed by atoms with E-state index in [1.807, 2.05) is 30.3 Å². The van der Waals surface area contributed by atoms with Gasteiger partial charge >= 0.3 is 6.18 Å². The van der Waals surface area contributed by atoms with E-state index in [-0.39, 0.29) is 5.88 Å². The van der Waals surface area contributed by atoms with Gasteiger partial charge in [0.05, 0.1) is 10.4 Å². The van der Waals surface area contributed by atoms with Crippen molar-refractivity contribution in [2.45, 2.75) is 6.18 Å². The van der Waals surface area contributed by atoms with Crippen molar-refractivity contribution in [3.8, 4) is 26.9 Å². The predicted molar refractivity (Wildman–Crippen MR) is 79.7 cm³/mol. The number of rotatable bonds is 2. The zero-order valence-corrected chi connectivity index (χ0v) is 11.9. The molecule has 0 aliphatic carbocycles. The summed E-state index contributed by atoms with van der Waals surface area (Å²) in [7, 11) is 0. The first kappa shape index (κ1) is 14.6. The lowest BCUT2D eigenvalue weighted by atomic mass is 10.1. The molecule has 0 saturated heterocycles. The van der Waals surface area contributed by atoms with Crippen molar-refractivity contribution in [2.75, 3.05) is 0 Å². The van der Waals surface area contributed by atoms with E-state index in [9.17, 15) is 18.3 Å². The van der Waals surface area contributed by atoms with Gasteiger partial charge < -0.3 is 5.11 Å². The van der Waals surface area contributed by atoms with E-state index < -0.39 is 11.7 Å². The molecular formula is C16H10F3NOS. The van der Waals surface area contributed by atoms with Crippen LogP contribution >= 0.6 is 11.3 Å². The molecule has 0 fully saturated rings. The van der Waals surface area contributed by atoms with E-state index in [4.69, 9.17) is 0 Å². The first-order chi connectivity index (χ1) is 10.4. The Kier molecular flexibility index (Phi) is 3.62. The van der Waals surface area contributed by atoms with Crippen molar-refractivity contribution in [3.63, 3.8) is 0 Å². The molecule has 1 heterocycles. The molecule has 0 spiro atoms. The van der Waals surface area contributed by atoms with Crippen molar-refractivity contribution < 1.29 is 18.3 Å². The normalized spacial score (nSPS) is 11.6. The van der Waals surface area contributed by atoms with Crippen molar-refractivity contribution in [1.29, 1.82) is 0 Å². The molecule has 0 saturated carbocycles. The van der Waals surface area contributed by atoms with Gasteiger partial charge in [0.15, 0.2) is 0 Å². The summed E-state index contributed by atoms with van der Waals surface area (Å²) in [5.41, 5.74) is 0.369. The van der Waals surface area contributed by atoms with Crippen LogP contribution in [-0.4, -0.2) is 10.1 Å². The molecule has 112 valence electrons. The van der Waals surface area contributed by atoms with Crippen LogP contribution in [0.5, 0.6) is 5.88 Å². The van der Waals surface area contributed by atoms with Crippen molar-refractivity contribution in [2.24, 2.45) is 0 Å². The average Bonchev–Trinajstić information content (AvgIpc) is 2.89. The Morgan fingerprint density at radius 3 is 2.27 bits per heavy atom. The lowest BCUT2D eigenvalue weighted by Gasteiger charge is -2.07. The molecule has 0 amide bonds. The Morgan fingerprint density at radius 1 is 0.909 bits per heavy atom. The van der Waals surface area contributed by atoms with Gasteiger partial charge in [-0.25, -0.2) is 4.98 Å². The largest absolute Gasteiger partial charge is 0.492 e. The van der Waals surface area contributed by atoms with Gasteiger partial charge in [0.25, 0.3) is 0 Å². The number of aromatic hydroxyl groups is 1. The Morgan fingerprint density at radius 2 is 1.59 bits per heavy atom. The standard InChI is InChI=1S/C16H10F3NOS/c17-16(18,19)12-8-4-7-11(9-12)15-20-14(21)13(22-15)10-5-2-1-3-6-10/h1-9,21H. The Labute approximate surface area is 128 Å². The van der Waals surface area contributed by atoms with Crippen LogP contribution in [0.2, 0.25) is 0 Å². The fraction of sp³-hybridized carbons (Fsp3) is 0.0625. The van der Waals surface area contributed by atoms with Gasteiger partial charge in [0, 0.05) is 5.56 Å². The van der Waals surface area contributed by atoms with Crippen LogP contribution in [-0.2, 0) is 6.18 Å². The highest BCUT2D eigenvalue weighted by atomic mass is 32.1. The smallest absolute Gasteiger partial charge is 0.416 e. The highest BCUT2D eigenvalue weighted by Crippen LogP contribution is 2.40. The third kappa shape index (κ3) is 2.82. The number of hydrogen-bond acceptors (Lipinski definition) is 3. The van der Waals surface area contributed by atoms with Crippen molar-refractivity contribution in [3.05, 3.63) is 60.2 Å². The quantitative estimate of drug-likeness (QED) is 0.703. The van der Waals surface area contributed by atoms with E-state index in [0.29, 0.717) is 15.4 Å². The van der Waals surface area contributed by atoms with E-state index in [1.165, 1.54) is 6.07 Å². The second-order valence-electron chi connectivity index (χ2n) is 4.62. The molecule has 3 rings (SSSR count). The summed E-state index contributed by atoms with van der Waals surface area (Å²) in [5.74, 6) is -0.177. The molecule has 1 aromatic heterocycles. The molecular weight excluding hydrogens is 311 g/mol. The van der Waals surface area contributed by atoms with Crippen LogP contribution in [0.15, 0.2) is 54.6 Å². The number of thiazole rings is 1. The molecule has 1 N–H and O–H groups in total. The Hall–Kier alpha value is -2.34. The fourth-order valence-corrected chi connectivity index (χ4v) is 3.00. The van der Waals surface area contributed by atoms with Crippen LogP contribution in [0.1, 0.15) is 5.56 Å². The Balaban J connectivity index is 2.04. The van der Waals surface area contributed by atoms with Crippen LogP contribution in [0.3, 0.4) is 0 Å². The molecule has 22 heavy (non-hydrogen) atoms. The molecule has 0 unspecified atom stereocenters. The molecule has 0 bridgehead atoms. The molecule has 0 atom stereocenters. The van der Waals surface area contributed by atoms with Crippen LogP contribution in [0.4, 0.5) is 13.2 Å². The van der Waals surface area contributed by atoms with Gasteiger partial charge in [-0.1, -0.05) is 42.5 Å². The molecule has 2 aromatic carbocycles. The number of nitrogens with zero attached hydrogens (tertiary/aromatic N) is 1. The summed E-state index contributed by atoms with van der Waals surface area (Å²) >= 11 is 1.16.